The summed E-state index contributed by atoms with van der Waals surface area (Å²) >= 11 is 6.27. The first-order valence-electron chi connectivity index (χ1n) is 4.29. The van der Waals surface area contributed by atoms with Gasteiger partial charge in [0.1, 0.15) is 4.60 Å². The normalized spacial score (nSPS) is 12.5. The minimum absolute atomic E-state index is 0.00164. The van der Waals surface area contributed by atoms with Gasteiger partial charge in [-0.15, -0.1) is 0 Å². The van der Waals surface area contributed by atoms with Crippen LogP contribution < -0.4 is 0 Å². The smallest absolute Gasteiger partial charge is 0.172 e. The molecule has 0 aliphatic carbocycles. The second-order valence-corrected chi connectivity index (χ2v) is 3.75. The van der Waals surface area contributed by atoms with E-state index >= 15 is 0 Å². The molecule has 0 bridgehead atoms. The molecule has 2 heterocycles. The van der Waals surface area contributed by atoms with Crippen molar-refractivity contribution in [2.24, 2.45) is 0 Å². The SMILES string of the molecule is [2H]c1nn(-c2cncc(Br)n2)c([2H])c1Br. The highest BCUT2D eigenvalue weighted by molar-refractivity contribution is 9.10. The van der Waals surface area contributed by atoms with E-state index in [9.17, 15) is 0 Å². The standard InChI is InChI=1S/C7H4Br2N4/c8-5-1-11-13(4-5)7-3-10-2-6(9)12-7/h1-4H/i1D,4D. The van der Waals surface area contributed by atoms with Crippen LogP contribution in [0, 0.1) is 0 Å². The van der Waals surface area contributed by atoms with Crippen LogP contribution >= 0.6 is 31.9 Å². The first kappa shape index (κ1) is 6.67. The largest absolute Gasteiger partial charge is 0.258 e. The molecule has 0 spiro atoms. The average molecular weight is 306 g/mol. The highest BCUT2D eigenvalue weighted by atomic mass is 79.9. The van der Waals surface area contributed by atoms with E-state index in [4.69, 9.17) is 2.74 Å². The van der Waals surface area contributed by atoms with Crippen molar-refractivity contribution in [3.05, 3.63) is 33.8 Å². The fourth-order valence-electron chi connectivity index (χ4n) is 0.780. The minimum Gasteiger partial charge on any atom is -0.258 e. The summed E-state index contributed by atoms with van der Waals surface area (Å²) in [6.45, 7) is 0. The topological polar surface area (TPSA) is 43.6 Å². The predicted octanol–water partition coefficient (Wildman–Crippen LogP) is 2.19. The molecule has 0 radical (unpaired) electrons. The lowest BCUT2D eigenvalue weighted by Crippen LogP contribution is -1.98. The Balaban J connectivity index is 2.59. The third-order valence-corrected chi connectivity index (χ3v) is 2.00. The number of hydrogen-bond acceptors (Lipinski definition) is 3. The minimum atomic E-state index is 0.00164. The summed E-state index contributed by atoms with van der Waals surface area (Å²) in [6, 6.07) is 0. The zero-order valence-electron chi connectivity index (χ0n) is 8.20. The molecular formula is C7H4Br2N4. The molecule has 2 aromatic rings. The average Bonchev–Trinajstić information content (AvgIpc) is 2.46. The summed E-state index contributed by atoms with van der Waals surface area (Å²) in [5.74, 6) is 0.397. The fourth-order valence-corrected chi connectivity index (χ4v) is 1.33. The van der Waals surface area contributed by atoms with Crippen molar-refractivity contribution in [2.45, 2.75) is 0 Å². The third-order valence-electron chi connectivity index (χ3n) is 1.26. The molecule has 0 aliphatic rings. The molecule has 0 amide bonds. The van der Waals surface area contributed by atoms with Crippen LogP contribution in [0.25, 0.3) is 5.82 Å². The number of nitrogens with zero attached hydrogens (tertiary/aromatic N) is 4. The second kappa shape index (κ2) is 3.55. The van der Waals surface area contributed by atoms with Crippen LogP contribution in [0.15, 0.2) is 33.8 Å². The summed E-state index contributed by atoms with van der Waals surface area (Å²) in [5.41, 5.74) is 0. The van der Waals surface area contributed by atoms with Gasteiger partial charge < -0.3 is 0 Å². The second-order valence-electron chi connectivity index (χ2n) is 2.15. The number of rotatable bonds is 1. The summed E-state index contributed by atoms with van der Waals surface area (Å²) < 4.78 is 17.2. The maximum Gasteiger partial charge on any atom is 0.172 e. The Hall–Kier alpha value is -0.750. The quantitative estimate of drug-likeness (QED) is 0.811. The van der Waals surface area contributed by atoms with Gasteiger partial charge in [-0.3, -0.25) is 4.98 Å². The first-order valence-corrected chi connectivity index (χ1v) is 4.88. The summed E-state index contributed by atoms with van der Waals surface area (Å²) in [5, 5.41) is 3.85. The van der Waals surface area contributed by atoms with Crippen molar-refractivity contribution in [1.82, 2.24) is 19.7 Å². The number of aromatic nitrogens is 4. The van der Waals surface area contributed by atoms with Gasteiger partial charge in [0.05, 0.1) is 25.8 Å². The molecule has 6 heteroatoms. The van der Waals surface area contributed by atoms with Crippen molar-refractivity contribution in [1.29, 1.82) is 0 Å². The zero-order valence-corrected chi connectivity index (χ0v) is 9.37. The predicted molar refractivity (Wildman–Crippen MR) is 54.6 cm³/mol. The summed E-state index contributed by atoms with van der Waals surface area (Å²) in [6.07, 6.45) is 3.09. The van der Waals surface area contributed by atoms with Crippen LogP contribution in [0.1, 0.15) is 2.74 Å². The summed E-state index contributed by atoms with van der Waals surface area (Å²) in [4.78, 5) is 8.00. The number of halogens is 2. The van der Waals surface area contributed by atoms with Crippen LogP contribution in [-0.4, -0.2) is 19.7 Å². The monoisotopic (exact) mass is 304 g/mol. The summed E-state index contributed by atoms with van der Waals surface area (Å²) in [7, 11) is 0. The molecule has 13 heavy (non-hydrogen) atoms. The maximum atomic E-state index is 7.67. The Kier molecular flexibility index (Phi) is 1.82. The fraction of sp³-hybridized carbons (Fsp3) is 0. The lowest BCUT2D eigenvalue weighted by atomic mass is 10.6. The van der Waals surface area contributed by atoms with Crippen molar-refractivity contribution in [2.75, 3.05) is 0 Å². The van der Waals surface area contributed by atoms with Crippen molar-refractivity contribution in [3.63, 3.8) is 0 Å². The van der Waals surface area contributed by atoms with Gasteiger partial charge in [0, 0.05) is 6.17 Å². The van der Waals surface area contributed by atoms with Gasteiger partial charge in [-0.25, -0.2) is 9.67 Å². The van der Waals surface area contributed by atoms with E-state index in [1.54, 1.807) is 0 Å². The van der Waals surface area contributed by atoms with E-state index in [-0.39, 0.29) is 12.3 Å². The molecule has 0 saturated heterocycles. The zero-order chi connectivity index (χ0) is 11.0. The van der Waals surface area contributed by atoms with Gasteiger partial charge in [0.2, 0.25) is 0 Å². The Bertz CT molecular complexity index is 514. The Labute approximate surface area is 94.1 Å². The lowest BCUT2D eigenvalue weighted by molar-refractivity contribution is 0.833. The van der Waals surface area contributed by atoms with E-state index in [2.05, 4.69) is 46.9 Å². The van der Waals surface area contributed by atoms with Gasteiger partial charge in [0.15, 0.2) is 5.82 Å². The van der Waals surface area contributed by atoms with Crippen LogP contribution in [-0.2, 0) is 0 Å². The molecule has 0 saturated carbocycles. The molecule has 4 nitrogen and oxygen atoms in total. The van der Waals surface area contributed by atoms with Crippen molar-refractivity contribution < 1.29 is 2.74 Å². The maximum absolute atomic E-state index is 7.67. The molecular weight excluding hydrogens is 300 g/mol. The van der Waals surface area contributed by atoms with Crippen LogP contribution in [0.3, 0.4) is 0 Å². The molecule has 0 aromatic carbocycles. The Morgan fingerprint density at radius 3 is 2.85 bits per heavy atom. The highest BCUT2D eigenvalue weighted by Gasteiger charge is 2.00. The van der Waals surface area contributed by atoms with Crippen LogP contribution in [0.4, 0.5) is 0 Å². The van der Waals surface area contributed by atoms with Crippen LogP contribution in [0.5, 0.6) is 0 Å². The van der Waals surface area contributed by atoms with Gasteiger partial charge in [0.25, 0.3) is 0 Å². The molecule has 0 unspecified atom stereocenters. The van der Waals surface area contributed by atoms with E-state index in [1.807, 2.05) is 0 Å². The molecule has 0 atom stereocenters. The van der Waals surface area contributed by atoms with E-state index in [0.29, 0.717) is 14.9 Å². The van der Waals surface area contributed by atoms with Gasteiger partial charge in [-0.05, 0) is 31.9 Å². The van der Waals surface area contributed by atoms with Crippen LogP contribution in [0.2, 0.25) is 0 Å². The van der Waals surface area contributed by atoms with Crippen molar-refractivity contribution >= 4 is 31.9 Å². The Morgan fingerprint density at radius 1 is 1.38 bits per heavy atom. The molecule has 2 rings (SSSR count). The van der Waals surface area contributed by atoms with E-state index in [1.165, 1.54) is 17.1 Å². The lowest BCUT2D eigenvalue weighted by Gasteiger charge is -1.98. The molecule has 0 aliphatic heterocycles. The van der Waals surface area contributed by atoms with Gasteiger partial charge >= 0.3 is 0 Å². The van der Waals surface area contributed by atoms with Crippen molar-refractivity contribution in [3.8, 4) is 5.82 Å². The van der Waals surface area contributed by atoms with Gasteiger partial charge in [-0.1, -0.05) is 0 Å². The molecule has 66 valence electrons. The van der Waals surface area contributed by atoms with E-state index < -0.39 is 0 Å². The number of hydrogen-bond donors (Lipinski definition) is 0. The molecule has 0 fully saturated rings. The highest BCUT2D eigenvalue weighted by Crippen LogP contribution is 2.11. The Morgan fingerprint density at radius 2 is 2.23 bits per heavy atom. The molecule has 0 N–H and O–H groups in total. The molecule has 2 aromatic heterocycles. The third kappa shape index (κ3) is 1.94. The first-order chi connectivity index (χ1) is 7.09. The van der Waals surface area contributed by atoms with Gasteiger partial charge in [-0.2, -0.15) is 5.10 Å². The van der Waals surface area contributed by atoms with E-state index in [0.717, 1.165) is 0 Å².